The number of guanidine groups is 1. The third-order valence-corrected chi connectivity index (χ3v) is 3.50. The molecule has 14 heavy (non-hydrogen) atoms. The molecule has 3 nitrogen and oxygen atoms in total. The Balaban J connectivity index is 0.00000169. The first kappa shape index (κ1) is 14.4. The maximum absolute atomic E-state index is 5.48. The lowest BCUT2D eigenvalue weighted by Gasteiger charge is -2.02. The van der Waals surface area contributed by atoms with Crippen molar-refractivity contribution in [1.29, 1.82) is 0 Å². The Labute approximate surface area is 119 Å². The maximum Gasteiger partial charge on any atom is 0.188 e. The van der Waals surface area contributed by atoms with Crippen LogP contribution in [0.2, 0.25) is 0 Å². The monoisotopic (exact) mass is 437 g/mol. The zero-order chi connectivity index (χ0) is 9.68. The number of thiophene rings is 1. The molecule has 0 aliphatic carbocycles. The first-order chi connectivity index (χ1) is 6.22. The minimum atomic E-state index is 0. The van der Waals surface area contributed by atoms with Gasteiger partial charge in [0.25, 0.3) is 0 Å². The van der Waals surface area contributed by atoms with E-state index in [9.17, 15) is 0 Å². The fraction of sp³-hybridized carbons (Fsp3) is 0.375. The van der Waals surface area contributed by atoms with Crippen molar-refractivity contribution in [2.45, 2.75) is 6.42 Å². The Hall–Kier alpha value is 0.430. The summed E-state index contributed by atoms with van der Waals surface area (Å²) in [4.78, 5) is 5.19. The van der Waals surface area contributed by atoms with Crippen molar-refractivity contribution < 1.29 is 0 Å². The Morgan fingerprint density at radius 1 is 1.64 bits per heavy atom. The van der Waals surface area contributed by atoms with Crippen LogP contribution >= 0.6 is 57.9 Å². The average Bonchev–Trinajstić information content (AvgIpc) is 2.51. The number of nitrogens with zero attached hydrogens (tertiary/aromatic N) is 1. The number of hydrogen-bond donors (Lipinski definition) is 2. The summed E-state index contributed by atoms with van der Waals surface area (Å²) in [6.07, 6.45) is 1.00. The van der Waals surface area contributed by atoms with Gasteiger partial charge >= 0.3 is 0 Å². The molecule has 0 saturated carbocycles. The van der Waals surface area contributed by atoms with E-state index in [4.69, 9.17) is 5.73 Å². The van der Waals surface area contributed by atoms with E-state index in [0.29, 0.717) is 5.96 Å². The van der Waals surface area contributed by atoms with Gasteiger partial charge in [-0.3, -0.25) is 4.99 Å². The van der Waals surface area contributed by atoms with Crippen LogP contribution in [0.3, 0.4) is 0 Å². The number of halogens is 2. The number of nitrogens with two attached hydrogens (primary N) is 1. The smallest absolute Gasteiger partial charge is 0.188 e. The van der Waals surface area contributed by atoms with E-state index < -0.39 is 0 Å². The SMILES string of the molecule is CN=C(N)NCCc1ccc(I)s1.I. The third kappa shape index (κ3) is 5.35. The molecule has 0 aliphatic heterocycles. The lowest BCUT2D eigenvalue weighted by Crippen LogP contribution is -2.32. The van der Waals surface area contributed by atoms with Crippen molar-refractivity contribution in [3.63, 3.8) is 0 Å². The van der Waals surface area contributed by atoms with Crippen molar-refractivity contribution in [1.82, 2.24) is 5.32 Å². The van der Waals surface area contributed by atoms with Crippen LogP contribution in [0, 0.1) is 2.88 Å². The minimum Gasteiger partial charge on any atom is -0.370 e. The van der Waals surface area contributed by atoms with Crippen LogP contribution in [-0.2, 0) is 6.42 Å². The molecule has 0 saturated heterocycles. The summed E-state index contributed by atoms with van der Waals surface area (Å²) in [5.41, 5.74) is 5.48. The van der Waals surface area contributed by atoms with Gasteiger partial charge in [0.15, 0.2) is 5.96 Å². The lowest BCUT2D eigenvalue weighted by molar-refractivity contribution is 0.867. The van der Waals surface area contributed by atoms with Gasteiger partial charge in [-0.2, -0.15) is 0 Å². The summed E-state index contributed by atoms with van der Waals surface area (Å²) < 4.78 is 1.32. The van der Waals surface area contributed by atoms with Crippen LogP contribution in [-0.4, -0.2) is 19.6 Å². The van der Waals surface area contributed by atoms with Gasteiger partial charge in [0, 0.05) is 18.5 Å². The zero-order valence-electron chi connectivity index (χ0n) is 7.79. The second-order valence-corrected chi connectivity index (χ2v) is 5.55. The van der Waals surface area contributed by atoms with E-state index in [1.807, 2.05) is 11.3 Å². The molecule has 1 rings (SSSR count). The topological polar surface area (TPSA) is 50.4 Å². The van der Waals surface area contributed by atoms with Crippen LogP contribution in [0.15, 0.2) is 17.1 Å². The van der Waals surface area contributed by atoms with Gasteiger partial charge in [-0.25, -0.2) is 0 Å². The van der Waals surface area contributed by atoms with Crippen LogP contribution in [0.4, 0.5) is 0 Å². The molecule has 1 heterocycles. The molecule has 0 radical (unpaired) electrons. The quantitative estimate of drug-likeness (QED) is 0.433. The Morgan fingerprint density at radius 3 is 2.86 bits per heavy atom. The summed E-state index contributed by atoms with van der Waals surface area (Å²) >= 11 is 4.14. The summed E-state index contributed by atoms with van der Waals surface area (Å²) in [7, 11) is 1.68. The summed E-state index contributed by atoms with van der Waals surface area (Å²) in [5.74, 6) is 0.506. The van der Waals surface area contributed by atoms with Crippen molar-refractivity contribution in [2.24, 2.45) is 10.7 Å². The predicted molar refractivity (Wildman–Crippen MR) is 81.7 cm³/mol. The molecule has 1 aromatic rings. The molecule has 0 amide bonds. The summed E-state index contributed by atoms with van der Waals surface area (Å²) in [6, 6.07) is 4.27. The van der Waals surface area contributed by atoms with E-state index in [1.54, 1.807) is 7.05 Å². The van der Waals surface area contributed by atoms with Crippen LogP contribution in [0.5, 0.6) is 0 Å². The van der Waals surface area contributed by atoms with Gasteiger partial charge < -0.3 is 11.1 Å². The van der Waals surface area contributed by atoms with Gasteiger partial charge in [0.2, 0.25) is 0 Å². The molecule has 0 atom stereocenters. The summed E-state index contributed by atoms with van der Waals surface area (Å²) in [6.45, 7) is 0.847. The fourth-order valence-corrected chi connectivity index (χ4v) is 2.63. The minimum absolute atomic E-state index is 0. The first-order valence-electron chi connectivity index (χ1n) is 3.92. The number of hydrogen-bond acceptors (Lipinski definition) is 2. The molecule has 0 fully saturated rings. The predicted octanol–water partition coefficient (Wildman–Crippen LogP) is 2.05. The van der Waals surface area contributed by atoms with Crippen molar-refractivity contribution in [3.8, 4) is 0 Å². The highest BCUT2D eigenvalue weighted by Crippen LogP contribution is 2.18. The second kappa shape index (κ2) is 7.69. The van der Waals surface area contributed by atoms with Crippen LogP contribution in [0.1, 0.15) is 4.88 Å². The van der Waals surface area contributed by atoms with Gasteiger partial charge in [-0.1, -0.05) is 0 Å². The van der Waals surface area contributed by atoms with Gasteiger partial charge in [0.05, 0.1) is 2.88 Å². The Kier molecular flexibility index (Phi) is 7.92. The molecule has 6 heteroatoms. The van der Waals surface area contributed by atoms with Crippen molar-refractivity contribution in [2.75, 3.05) is 13.6 Å². The molecule has 80 valence electrons. The number of nitrogens with one attached hydrogen (secondary N) is 1. The fourth-order valence-electron chi connectivity index (χ4n) is 0.879. The average molecular weight is 437 g/mol. The van der Waals surface area contributed by atoms with Crippen molar-refractivity contribution in [3.05, 3.63) is 19.9 Å². The highest BCUT2D eigenvalue weighted by molar-refractivity contribution is 14.1. The molecule has 3 N–H and O–H groups in total. The number of rotatable bonds is 3. The van der Waals surface area contributed by atoms with Crippen molar-refractivity contribution >= 4 is 63.9 Å². The number of aliphatic imine (C=N–C) groups is 1. The molecule has 0 unspecified atom stereocenters. The van der Waals surface area contributed by atoms with Gasteiger partial charge in [-0.15, -0.1) is 35.3 Å². The molecular formula is C8H13I2N3S. The largest absolute Gasteiger partial charge is 0.370 e. The standard InChI is InChI=1S/C8H12IN3S.HI/c1-11-8(10)12-5-4-6-2-3-7(9)13-6;/h2-3H,4-5H2,1H3,(H3,10,11,12);1H. The molecular weight excluding hydrogens is 424 g/mol. The van der Waals surface area contributed by atoms with Crippen LogP contribution in [0.25, 0.3) is 0 Å². The molecule has 0 aliphatic rings. The highest BCUT2D eigenvalue weighted by atomic mass is 127. The molecule has 0 spiro atoms. The summed E-state index contributed by atoms with van der Waals surface area (Å²) in [5, 5.41) is 3.02. The Morgan fingerprint density at radius 2 is 2.36 bits per heavy atom. The third-order valence-electron chi connectivity index (χ3n) is 1.55. The van der Waals surface area contributed by atoms with E-state index in [2.05, 4.69) is 45.0 Å². The van der Waals surface area contributed by atoms with E-state index in [0.717, 1.165) is 13.0 Å². The molecule has 0 bridgehead atoms. The normalized spacial score (nSPS) is 10.9. The lowest BCUT2D eigenvalue weighted by atomic mass is 10.3. The molecule has 0 aromatic carbocycles. The van der Waals surface area contributed by atoms with E-state index >= 15 is 0 Å². The van der Waals surface area contributed by atoms with E-state index in [-0.39, 0.29) is 24.0 Å². The van der Waals surface area contributed by atoms with Crippen LogP contribution < -0.4 is 11.1 Å². The first-order valence-corrected chi connectivity index (χ1v) is 5.82. The molecule has 1 aromatic heterocycles. The van der Waals surface area contributed by atoms with Gasteiger partial charge in [0.1, 0.15) is 0 Å². The van der Waals surface area contributed by atoms with E-state index in [1.165, 1.54) is 7.76 Å². The Bertz CT molecular complexity index is 299. The highest BCUT2D eigenvalue weighted by Gasteiger charge is 1.97. The second-order valence-electron chi connectivity index (χ2n) is 2.49. The maximum atomic E-state index is 5.48. The van der Waals surface area contributed by atoms with Gasteiger partial charge in [-0.05, 0) is 41.1 Å². The zero-order valence-corrected chi connectivity index (χ0v) is 13.1.